The molecular formula is C23H32N6O3. The molecule has 1 heterocycles. The third-order valence-electron chi connectivity index (χ3n) is 5.71. The molecule has 9 heteroatoms. The summed E-state index contributed by atoms with van der Waals surface area (Å²) in [5.74, 6) is -0.396. The summed E-state index contributed by atoms with van der Waals surface area (Å²) in [6.07, 6.45) is 4.29. The van der Waals surface area contributed by atoms with Crippen LogP contribution in [-0.2, 0) is 0 Å². The molecule has 1 aromatic carbocycles. The molecule has 0 aliphatic heterocycles. The highest BCUT2D eigenvalue weighted by molar-refractivity contribution is 5.99. The van der Waals surface area contributed by atoms with E-state index in [9.17, 15) is 14.4 Å². The molecule has 1 aliphatic carbocycles. The van der Waals surface area contributed by atoms with E-state index in [1.807, 2.05) is 26.8 Å². The lowest BCUT2D eigenvalue weighted by Crippen LogP contribution is -2.43. The Morgan fingerprint density at radius 3 is 2.62 bits per heavy atom. The zero-order valence-corrected chi connectivity index (χ0v) is 18.8. The predicted molar refractivity (Wildman–Crippen MR) is 125 cm³/mol. The molecule has 7 N–H and O–H groups in total. The van der Waals surface area contributed by atoms with Crippen molar-refractivity contribution in [2.45, 2.75) is 65.0 Å². The Morgan fingerprint density at radius 1 is 1.25 bits per heavy atom. The van der Waals surface area contributed by atoms with Crippen molar-refractivity contribution in [3.05, 3.63) is 45.2 Å². The number of Topliss-reactive ketones (excluding diaryl/α,β-unsaturated/α-hetero) is 1. The second-order valence-electron chi connectivity index (χ2n) is 8.88. The fraction of sp³-hybridized carbons (Fsp3) is 0.478. The highest BCUT2D eigenvalue weighted by atomic mass is 16.2. The fourth-order valence-electron chi connectivity index (χ4n) is 3.92. The van der Waals surface area contributed by atoms with Crippen molar-refractivity contribution in [2.24, 2.45) is 17.4 Å². The second-order valence-corrected chi connectivity index (χ2v) is 8.88. The van der Waals surface area contributed by atoms with E-state index < -0.39 is 11.5 Å². The van der Waals surface area contributed by atoms with Crippen molar-refractivity contribution in [1.82, 2.24) is 9.97 Å². The van der Waals surface area contributed by atoms with Crippen LogP contribution in [0.1, 0.15) is 72.2 Å². The Kier molecular flexibility index (Phi) is 7.29. The van der Waals surface area contributed by atoms with Crippen molar-refractivity contribution in [2.75, 3.05) is 10.6 Å². The third kappa shape index (κ3) is 5.53. The molecule has 2 atom stereocenters. The van der Waals surface area contributed by atoms with E-state index >= 15 is 0 Å². The molecule has 9 nitrogen and oxygen atoms in total. The number of rotatable bonds is 8. The minimum atomic E-state index is -0.896. The smallest absolute Gasteiger partial charge is 0.267 e. The van der Waals surface area contributed by atoms with Crippen LogP contribution in [0.25, 0.3) is 0 Å². The summed E-state index contributed by atoms with van der Waals surface area (Å²) in [4.78, 5) is 44.2. The maximum Gasteiger partial charge on any atom is 0.267 e. The molecule has 1 aliphatic rings. The number of anilines is 3. The van der Waals surface area contributed by atoms with Crippen molar-refractivity contribution < 1.29 is 9.59 Å². The molecule has 0 saturated heterocycles. The number of benzene rings is 1. The van der Waals surface area contributed by atoms with Crippen LogP contribution in [0, 0.1) is 12.8 Å². The molecule has 3 rings (SSSR count). The van der Waals surface area contributed by atoms with Gasteiger partial charge in [0.15, 0.2) is 11.6 Å². The van der Waals surface area contributed by atoms with Crippen LogP contribution in [0.5, 0.6) is 0 Å². The molecule has 1 saturated carbocycles. The van der Waals surface area contributed by atoms with Crippen molar-refractivity contribution >= 4 is 29.1 Å². The molecule has 0 radical (unpaired) electrons. The van der Waals surface area contributed by atoms with Crippen LogP contribution in [0.2, 0.25) is 0 Å². The molecule has 172 valence electrons. The Balaban J connectivity index is 1.95. The van der Waals surface area contributed by atoms with Gasteiger partial charge in [0.25, 0.3) is 11.5 Å². The number of amides is 1. The maximum atomic E-state index is 12.6. The minimum absolute atomic E-state index is 0.0192. The number of aromatic nitrogens is 2. The Labute approximate surface area is 187 Å². The molecule has 0 unspecified atom stereocenters. The number of aromatic amines is 1. The zero-order chi connectivity index (χ0) is 23.4. The standard InChI is InChI=1S/C23H32N6O3/c1-12(2)10-18(30)14-9-8-13(3)17(11-14)26-21-19(20(25)31)22(32)29-23(28-21)27-16-7-5-4-6-15(16)24/h8-9,11-12,15-16H,4-7,10,24H2,1-3H3,(H2,25,31)(H3,26,27,28,29,32)/t15-,16-/m0/s1. The van der Waals surface area contributed by atoms with Gasteiger partial charge >= 0.3 is 0 Å². The summed E-state index contributed by atoms with van der Waals surface area (Å²) in [6.45, 7) is 5.82. The topological polar surface area (TPSA) is 156 Å². The molecule has 0 spiro atoms. The van der Waals surface area contributed by atoms with Crippen LogP contribution in [-0.4, -0.2) is 33.7 Å². The van der Waals surface area contributed by atoms with Crippen LogP contribution >= 0.6 is 0 Å². The number of nitrogens with zero attached hydrogens (tertiary/aromatic N) is 1. The zero-order valence-electron chi connectivity index (χ0n) is 18.8. The Bertz CT molecular complexity index is 1060. The number of carbonyl (C=O) groups is 2. The average Bonchev–Trinajstić information content (AvgIpc) is 2.70. The van der Waals surface area contributed by atoms with E-state index in [0.29, 0.717) is 17.7 Å². The largest absolute Gasteiger partial charge is 0.365 e. The van der Waals surface area contributed by atoms with Crippen LogP contribution in [0.4, 0.5) is 17.5 Å². The van der Waals surface area contributed by atoms with Gasteiger partial charge in [0.05, 0.1) is 0 Å². The quantitative estimate of drug-likeness (QED) is 0.395. The molecule has 0 bridgehead atoms. The Hall–Kier alpha value is -3.20. The summed E-state index contributed by atoms with van der Waals surface area (Å²) in [6, 6.07) is 5.21. The maximum absolute atomic E-state index is 12.6. The molecule has 1 fully saturated rings. The van der Waals surface area contributed by atoms with Gasteiger partial charge < -0.3 is 22.1 Å². The minimum Gasteiger partial charge on any atom is -0.365 e. The number of nitrogens with one attached hydrogen (secondary N) is 3. The average molecular weight is 441 g/mol. The van der Waals surface area contributed by atoms with Gasteiger partial charge in [-0.3, -0.25) is 19.4 Å². The first-order valence-electron chi connectivity index (χ1n) is 11.0. The van der Waals surface area contributed by atoms with Gasteiger partial charge in [-0.25, -0.2) is 0 Å². The van der Waals surface area contributed by atoms with Gasteiger partial charge in [0, 0.05) is 29.8 Å². The molecular weight excluding hydrogens is 408 g/mol. The molecule has 2 aromatic rings. The third-order valence-corrected chi connectivity index (χ3v) is 5.71. The van der Waals surface area contributed by atoms with Gasteiger partial charge in [-0.1, -0.05) is 38.8 Å². The summed E-state index contributed by atoms with van der Waals surface area (Å²) in [5, 5.41) is 6.24. The van der Waals surface area contributed by atoms with E-state index in [1.54, 1.807) is 12.1 Å². The molecule has 32 heavy (non-hydrogen) atoms. The van der Waals surface area contributed by atoms with Gasteiger partial charge in [0.2, 0.25) is 5.95 Å². The SMILES string of the molecule is Cc1ccc(C(=O)CC(C)C)cc1Nc1nc(N[C@H]2CCCC[C@@H]2N)[nH]c(=O)c1C(N)=O. The number of primary amides is 1. The van der Waals surface area contributed by atoms with E-state index in [4.69, 9.17) is 11.5 Å². The van der Waals surface area contributed by atoms with E-state index in [2.05, 4.69) is 20.6 Å². The first-order valence-corrected chi connectivity index (χ1v) is 11.0. The van der Waals surface area contributed by atoms with Gasteiger partial charge in [0.1, 0.15) is 5.56 Å². The Morgan fingerprint density at radius 2 is 1.97 bits per heavy atom. The summed E-state index contributed by atoms with van der Waals surface area (Å²) in [7, 11) is 0. The summed E-state index contributed by atoms with van der Waals surface area (Å²) in [5.41, 5.74) is 12.7. The van der Waals surface area contributed by atoms with Crippen molar-refractivity contribution in [1.29, 1.82) is 0 Å². The lowest BCUT2D eigenvalue weighted by atomic mass is 9.91. The van der Waals surface area contributed by atoms with Gasteiger partial charge in [-0.15, -0.1) is 0 Å². The van der Waals surface area contributed by atoms with Crippen molar-refractivity contribution in [3.8, 4) is 0 Å². The van der Waals surface area contributed by atoms with Gasteiger partial charge in [-0.2, -0.15) is 4.98 Å². The predicted octanol–water partition coefficient (Wildman–Crippen LogP) is 2.83. The normalized spacial score (nSPS) is 18.4. The second kappa shape index (κ2) is 9.95. The van der Waals surface area contributed by atoms with Crippen LogP contribution in [0.15, 0.2) is 23.0 Å². The number of carbonyl (C=O) groups excluding carboxylic acids is 2. The number of H-pyrrole nitrogens is 1. The monoisotopic (exact) mass is 440 g/mol. The fourth-order valence-corrected chi connectivity index (χ4v) is 3.92. The molecule has 1 amide bonds. The number of hydrogen-bond donors (Lipinski definition) is 5. The van der Waals surface area contributed by atoms with E-state index in [1.165, 1.54) is 0 Å². The first kappa shape index (κ1) is 23.5. The molecule has 1 aromatic heterocycles. The van der Waals surface area contributed by atoms with Gasteiger partial charge in [-0.05, 0) is 37.3 Å². The van der Waals surface area contributed by atoms with Crippen LogP contribution in [0.3, 0.4) is 0 Å². The number of nitrogens with two attached hydrogens (primary N) is 2. The lowest BCUT2D eigenvalue weighted by Gasteiger charge is -2.29. The summed E-state index contributed by atoms with van der Waals surface area (Å²) < 4.78 is 0. The summed E-state index contributed by atoms with van der Waals surface area (Å²) >= 11 is 0. The first-order chi connectivity index (χ1) is 15.2. The lowest BCUT2D eigenvalue weighted by molar-refractivity contribution is 0.0965. The van der Waals surface area contributed by atoms with Crippen molar-refractivity contribution in [3.63, 3.8) is 0 Å². The number of aryl methyl sites for hydroxylation is 1. The van der Waals surface area contributed by atoms with E-state index in [-0.39, 0.29) is 41.1 Å². The van der Waals surface area contributed by atoms with E-state index in [0.717, 1.165) is 31.2 Å². The number of hydrogen-bond acceptors (Lipinski definition) is 7. The number of ketones is 1. The van der Waals surface area contributed by atoms with Crippen LogP contribution < -0.4 is 27.7 Å². The highest BCUT2D eigenvalue weighted by Crippen LogP contribution is 2.25. The highest BCUT2D eigenvalue weighted by Gasteiger charge is 2.24.